The lowest BCUT2D eigenvalue weighted by atomic mass is 10.0. The van der Waals surface area contributed by atoms with E-state index in [1.54, 1.807) is 16.4 Å². The Morgan fingerprint density at radius 2 is 1.93 bits per heavy atom. The number of aromatic nitrogens is 5. The molecule has 0 atom stereocenters. The van der Waals surface area contributed by atoms with E-state index in [4.69, 9.17) is 0 Å². The van der Waals surface area contributed by atoms with Gasteiger partial charge >= 0.3 is 0 Å². The molecule has 0 N–H and O–H groups in total. The van der Waals surface area contributed by atoms with Gasteiger partial charge in [0, 0.05) is 38.3 Å². The molecule has 1 aromatic carbocycles. The second-order valence-corrected chi connectivity index (χ2v) is 8.00. The van der Waals surface area contributed by atoms with Crippen LogP contribution in [0.25, 0.3) is 11.5 Å². The molecule has 29 heavy (non-hydrogen) atoms. The lowest BCUT2D eigenvalue weighted by Gasteiger charge is -2.28. The Morgan fingerprint density at radius 1 is 1.21 bits per heavy atom. The monoisotopic (exact) mass is 418 g/mol. The van der Waals surface area contributed by atoms with E-state index in [0.29, 0.717) is 24.5 Å². The second-order valence-electron chi connectivity index (χ2n) is 6.77. The van der Waals surface area contributed by atoms with Gasteiger partial charge in [-0.15, -0.1) is 10.2 Å². The van der Waals surface area contributed by atoms with Crippen molar-refractivity contribution in [3.8, 4) is 11.5 Å². The predicted molar refractivity (Wildman–Crippen MR) is 104 cm³/mol. The van der Waals surface area contributed by atoms with Gasteiger partial charge in [0.15, 0.2) is 11.0 Å². The zero-order chi connectivity index (χ0) is 20.7. The van der Waals surface area contributed by atoms with E-state index in [2.05, 4.69) is 15.3 Å². The number of carbonyl (C=O) groups is 1. The van der Waals surface area contributed by atoms with Gasteiger partial charge in [-0.25, -0.2) is 8.78 Å². The van der Waals surface area contributed by atoms with E-state index >= 15 is 0 Å². The Hall–Kier alpha value is -2.75. The average Bonchev–Trinajstić information content (AvgIpc) is 3.21. The van der Waals surface area contributed by atoms with Gasteiger partial charge in [-0.1, -0.05) is 24.8 Å². The van der Waals surface area contributed by atoms with Crippen LogP contribution in [-0.2, 0) is 27.1 Å². The number of amides is 1. The molecule has 10 heteroatoms. The molecule has 2 aromatic heterocycles. The van der Waals surface area contributed by atoms with Crippen LogP contribution in [-0.4, -0.2) is 47.6 Å². The molecule has 152 valence electrons. The molecule has 1 aliphatic rings. The number of halogens is 2. The summed E-state index contributed by atoms with van der Waals surface area (Å²) in [4.78, 5) is 14.3. The molecule has 1 aliphatic heterocycles. The second kappa shape index (κ2) is 7.58. The number of aryl methyl sites for hydroxylation is 1. The summed E-state index contributed by atoms with van der Waals surface area (Å²) in [6.07, 6.45) is 0.537. The molecule has 0 spiro atoms. The Labute approximate surface area is 170 Å². The average molecular weight is 418 g/mol. The highest BCUT2D eigenvalue weighted by molar-refractivity contribution is 7.99. The first kappa shape index (κ1) is 19.6. The summed E-state index contributed by atoms with van der Waals surface area (Å²) in [5.41, 5.74) is 1.91. The zero-order valence-electron chi connectivity index (χ0n) is 16.3. The third-order valence-electron chi connectivity index (χ3n) is 5.03. The Morgan fingerprint density at radius 3 is 2.62 bits per heavy atom. The molecule has 0 aliphatic carbocycles. The Balaban J connectivity index is 1.70. The maximum absolute atomic E-state index is 14.1. The molecular weight excluding hydrogens is 398 g/mol. The maximum Gasteiger partial charge on any atom is 0.260 e. The number of fused-ring (bicyclic) bond motifs is 1. The van der Waals surface area contributed by atoms with Gasteiger partial charge in [-0.05, 0) is 17.9 Å². The van der Waals surface area contributed by atoms with Crippen molar-refractivity contribution in [3.63, 3.8) is 0 Å². The molecule has 1 amide bonds. The van der Waals surface area contributed by atoms with E-state index in [0.717, 1.165) is 34.3 Å². The highest BCUT2D eigenvalue weighted by Gasteiger charge is 2.31. The molecule has 3 aromatic rings. The van der Waals surface area contributed by atoms with Gasteiger partial charge in [0.25, 0.3) is 5.91 Å². The van der Waals surface area contributed by atoms with Crippen LogP contribution in [0.4, 0.5) is 8.78 Å². The number of rotatable bonds is 4. The number of hydrogen-bond acceptors (Lipinski definition) is 5. The summed E-state index contributed by atoms with van der Waals surface area (Å²) < 4.78 is 31.8. The minimum atomic E-state index is -0.859. The van der Waals surface area contributed by atoms with Crippen molar-refractivity contribution in [2.75, 3.05) is 12.3 Å². The van der Waals surface area contributed by atoms with Crippen molar-refractivity contribution in [2.45, 2.75) is 25.0 Å². The fraction of sp³-hybridized carbons (Fsp3) is 0.368. The van der Waals surface area contributed by atoms with Gasteiger partial charge in [-0.2, -0.15) is 5.10 Å². The van der Waals surface area contributed by atoms with Gasteiger partial charge in [-0.3, -0.25) is 9.48 Å². The normalized spacial score (nSPS) is 13.6. The van der Waals surface area contributed by atoms with Crippen LogP contribution in [0.1, 0.15) is 28.5 Å². The number of hydrogen-bond donors (Lipinski definition) is 0. The molecule has 0 saturated heterocycles. The molecular formula is C19H20F2N6OS. The SMILES string of the molecule is CCSc1nnc(-c2nn(C)c3c2CN(C(=O)c2c(F)cccc2F)CC3)n1C. The Bertz CT molecular complexity index is 1070. The van der Waals surface area contributed by atoms with Gasteiger partial charge in [0.1, 0.15) is 22.9 Å². The van der Waals surface area contributed by atoms with Crippen LogP contribution < -0.4 is 0 Å². The maximum atomic E-state index is 14.1. The van der Waals surface area contributed by atoms with E-state index in [-0.39, 0.29) is 6.54 Å². The minimum absolute atomic E-state index is 0.203. The minimum Gasteiger partial charge on any atom is -0.334 e. The van der Waals surface area contributed by atoms with E-state index in [1.165, 1.54) is 11.0 Å². The number of nitrogens with zero attached hydrogens (tertiary/aromatic N) is 6. The summed E-state index contributed by atoms with van der Waals surface area (Å²) in [6.45, 7) is 2.59. The fourth-order valence-corrected chi connectivity index (χ4v) is 4.22. The molecule has 0 saturated carbocycles. The predicted octanol–water partition coefficient (Wildman–Crippen LogP) is 2.80. The standard InChI is InChI=1S/C19H20F2N6OS/c1-4-29-19-23-22-17(25(19)2)16-11-10-27(9-8-14(11)26(3)24-16)18(28)15-12(20)6-5-7-13(15)21/h5-7H,4,8-10H2,1-3H3. The summed E-state index contributed by atoms with van der Waals surface area (Å²) in [7, 11) is 3.71. The van der Waals surface area contributed by atoms with Crippen LogP contribution in [0.5, 0.6) is 0 Å². The van der Waals surface area contributed by atoms with Crippen molar-refractivity contribution < 1.29 is 13.6 Å². The van der Waals surface area contributed by atoms with Gasteiger partial charge in [0.05, 0.1) is 6.54 Å². The van der Waals surface area contributed by atoms with Crippen LogP contribution in [0.15, 0.2) is 23.4 Å². The van der Waals surface area contributed by atoms with E-state index in [9.17, 15) is 13.6 Å². The molecule has 7 nitrogen and oxygen atoms in total. The molecule has 4 rings (SSSR count). The smallest absolute Gasteiger partial charge is 0.260 e. The van der Waals surface area contributed by atoms with Crippen LogP contribution in [0.2, 0.25) is 0 Å². The largest absolute Gasteiger partial charge is 0.334 e. The van der Waals surface area contributed by atoms with Crippen molar-refractivity contribution in [1.82, 2.24) is 29.4 Å². The molecule has 3 heterocycles. The lowest BCUT2D eigenvalue weighted by Crippen LogP contribution is -2.37. The number of carbonyl (C=O) groups excluding carboxylic acids is 1. The zero-order valence-corrected chi connectivity index (χ0v) is 17.1. The first-order valence-electron chi connectivity index (χ1n) is 9.23. The van der Waals surface area contributed by atoms with Gasteiger partial charge < -0.3 is 9.47 Å². The first-order valence-corrected chi connectivity index (χ1v) is 10.2. The summed E-state index contributed by atoms with van der Waals surface area (Å²) in [5, 5.41) is 13.9. The molecule has 0 bridgehead atoms. The van der Waals surface area contributed by atoms with E-state index < -0.39 is 23.1 Å². The highest BCUT2D eigenvalue weighted by atomic mass is 32.2. The molecule has 0 fully saturated rings. The summed E-state index contributed by atoms with van der Waals surface area (Å²) >= 11 is 1.57. The third kappa shape index (κ3) is 3.31. The fourth-order valence-electron chi connectivity index (χ4n) is 3.58. The van der Waals surface area contributed by atoms with Crippen molar-refractivity contribution >= 4 is 17.7 Å². The molecule has 0 unspecified atom stereocenters. The van der Waals surface area contributed by atoms with Crippen molar-refractivity contribution in [2.24, 2.45) is 14.1 Å². The third-order valence-corrected chi connectivity index (χ3v) is 5.93. The van der Waals surface area contributed by atoms with Crippen LogP contribution >= 0.6 is 11.8 Å². The summed E-state index contributed by atoms with van der Waals surface area (Å²) in [5.74, 6) is -0.920. The topological polar surface area (TPSA) is 68.8 Å². The van der Waals surface area contributed by atoms with E-state index in [1.807, 2.05) is 25.6 Å². The highest BCUT2D eigenvalue weighted by Crippen LogP contribution is 2.31. The Kier molecular flexibility index (Phi) is 5.12. The molecule has 0 radical (unpaired) electrons. The number of benzene rings is 1. The van der Waals surface area contributed by atoms with Gasteiger partial charge in [0.2, 0.25) is 0 Å². The number of thioether (sulfide) groups is 1. The van der Waals surface area contributed by atoms with Crippen LogP contribution in [0.3, 0.4) is 0 Å². The quantitative estimate of drug-likeness (QED) is 0.610. The van der Waals surface area contributed by atoms with Crippen molar-refractivity contribution in [3.05, 3.63) is 46.7 Å². The van der Waals surface area contributed by atoms with Crippen molar-refractivity contribution in [1.29, 1.82) is 0 Å². The summed E-state index contributed by atoms with van der Waals surface area (Å²) in [6, 6.07) is 3.43. The first-order chi connectivity index (χ1) is 13.9. The van der Waals surface area contributed by atoms with Crippen LogP contribution in [0, 0.1) is 11.6 Å². The lowest BCUT2D eigenvalue weighted by molar-refractivity contribution is 0.0723.